The number of amides is 2. The van der Waals surface area contributed by atoms with Gasteiger partial charge in [-0.3, -0.25) is 14.0 Å². The molecule has 5 rings (SSSR count). The molecule has 2 fully saturated rings. The number of rotatable bonds is 3. The van der Waals surface area contributed by atoms with Crippen LogP contribution < -0.4 is 0 Å². The van der Waals surface area contributed by atoms with Crippen molar-refractivity contribution in [1.29, 1.82) is 0 Å². The second-order valence-corrected chi connectivity index (χ2v) is 8.44. The number of carbonyl (C=O) groups is 2. The normalized spacial score (nSPS) is 17.8. The van der Waals surface area contributed by atoms with Gasteiger partial charge >= 0.3 is 6.18 Å². The summed E-state index contributed by atoms with van der Waals surface area (Å²) in [5.41, 5.74) is -0.942. The molecule has 1 aliphatic heterocycles. The van der Waals surface area contributed by atoms with Crippen molar-refractivity contribution in [3.8, 4) is 11.1 Å². The number of carbonyl (C=O) groups excluding carboxylic acids is 2. The van der Waals surface area contributed by atoms with Gasteiger partial charge in [0.2, 0.25) is 5.91 Å². The van der Waals surface area contributed by atoms with Crippen LogP contribution >= 0.6 is 11.6 Å². The van der Waals surface area contributed by atoms with E-state index in [4.69, 9.17) is 11.6 Å². The van der Waals surface area contributed by atoms with Crippen molar-refractivity contribution in [2.75, 3.05) is 19.6 Å². The summed E-state index contributed by atoms with van der Waals surface area (Å²) < 4.78 is 42.5. The molecule has 1 aliphatic carbocycles. The highest BCUT2D eigenvalue weighted by molar-refractivity contribution is 6.33. The zero-order chi connectivity index (χ0) is 22.6. The Labute approximate surface area is 185 Å². The van der Waals surface area contributed by atoms with Crippen LogP contribution in [-0.4, -0.2) is 61.7 Å². The molecule has 0 aromatic carbocycles. The van der Waals surface area contributed by atoms with E-state index >= 15 is 0 Å². The zero-order valence-corrected chi connectivity index (χ0v) is 17.6. The Bertz CT molecular complexity index is 1200. The molecule has 0 unspecified atom stereocenters. The molecule has 0 spiro atoms. The molecule has 168 valence electrons. The molecule has 7 nitrogen and oxygen atoms in total. The van der Waals surface area contributed by atoms with Crippen LogP contribution in [0.2, 0.25) is 5.15 Å². The highest BCUT2D eigenvalue weighted by Crippen LogP contribution is 2.37. The van der Waals surface area contributed by atoms with Crippen LogP contribution in [0.25, 0.3) is 16.8 Å². The largest absolute Gasteiger partial charge is 0.420 e. The first-order chi connectivity index (χ1) is 15.2. The van der Waals surface area contributed by atoms with Gasteiger partial charge in [-0.05, 0) is 31.4 Å². The Hall–Kier alpha value is -3.01. The zero-order valence-electron chi connectivity index (χ0n) is 16.8. The summed E-state index contributed by atoms with van der Waals surface area (Å²) in [5, 5.41) is -0.221. The highest BCUT2D eigenvalue weighted by atomic mass is 35.5. The average molecular weight is 466 g/mol. The maximum Gasteiger partial charge on any atom is 0.420 e. The number of pyridine rings is 1. The monoisotopic (exact) mass is 465 g/mol. The third-order valence-electron chi connectivity index (χ3n) is 6.16. The third kappa shape index (κ3) is 3.42. The molecule has 4 heterocycles. The van der Waals surface area contributed by atoms with E-state index in [1.165, 1.54) is 11.1 Å². The topological polar surface area (TPSA) is 73.7 Å². The summed E-state index contributed by atoms with van der Waals surface area (Å²) >= 11 is 6.36. The van der Waals surface area contributed by atoms with Crippen LogP contribution in [0.3, 0.4) is 0 Å². The van der Waals surface area contributed by atoms with Crippen molar-refractivity contribution in [2.24, 2.45) is 0 Å². The van der Waals surface area contributed by atoms with Crippen LogP contribution in [0, 0.1) is 0 Å². The fourth-order valence-electron chi connectivity index (χ4n) is 4.22. The van der Waals surface area contributed by atoms with Crippen LogP contribution in [0.5, 0.6) is 0 Å². The number of nitrogens with one attached hydrogen (secondary N) is 1. The Morgan fingerprint density at radius 3 is 2.59 bits per heavy atom. The van der Waals surface area contributed by atoms with E-state index in [2.05, 4.69) is 9.97 Å². The molecule has 11 heteroatoms. The summed E-state index contributed by atoms with van der Waals surface area (Å²) in [5.74, 6) is -0.823. The van der Waals surface area contributed by atoms with Gasteiger partial charge in [0, 0.05) is 48.8 Å². The van der Waals surface area contributed by atoms with Crippen molar-refractivity contribution >= 4 is 29.1 Å². The van der Waals surface area contributed by atoms with E-state index in [1.54, 1.807) is 23.4 Å². The summed E-state index contributed by atoms with van der Waals surface area (Å²) in [6.07, 6.45) is 2.87. The fourth-order valence-corrected chi connectivity index (χ4v) is 4.47. The van der Waals surface area contributed by atoms with Gasteiger partial charge < -0.3 is 14.8 Å². The van der Waals surface area contributed by atoms with Crippen LogP contribution in [0.15, 0.2) is 30.7 Å². The van der Waals surface area contributed by atoms with Gasteiger partial charge in [0.25, 0.3) is 5.91 Å². The lowest BCUT2D eigenvalue weighted by Crippen LogP contribution is -2.56. The molecule has 0 bridgehead atoms. The Morgan fingerprint density at radius 2 is 2.00 bits per heavy atom. The third-order valence-corrected chi connectivity index (χ3v) is 6.52. The maximum absolute atomic E-state index is 13.8. The van der Waals surface area contributed by atoms with Crippen molar-refractivity contribution in [2.45, 2.75) is 31.5 Å². The second-order valence-electron chi connectivity index (χ2n) is 8.08. The Kier molecular flexibility index (Phi) is 4.92. The number of nitrogens with zero attached hydrogens (tertiary/aromatic N) is 4. The smallest absolute Gasteiger partial charge is 0.367 e. The van der Waals surface area contributed by atoms with Gasteiger partial charge in [0.05, 0.1) is 5.56 Å². The van der Waals surface area contributed by atoms with Gasteiger partial charge in [0.1, 0.15) is 11.7 Å². The van der Waals surface area contributed by atoms with Gasteiger partial charge in [0.15, 0.2) is 11.3 Å². The molecular formula is C21H19ClF3N5O2. The Morgan fingerprint density at radius 1 is 1.22 bits per heavy atom. The SMILES string of the molecule is O=C(c1nc2c(C(F)(F)F)cc(-c3cc[nH]c3)cn2c1Cl)N1CCN(C2CCC2)C(=O)C1. The fraction of sp³-hybridized carbons (Fsp3) is 0.381. The van der Waals surface area contributed by atoms with E-state index in [0.717, 1.165) is 29.7 Å². The van der Waals surface area contributed by atoms with E-state index < -0.39 is 23.3 Å². The van der Waals surface area contributed by atoms with Crippen LogP contribution in [-0.2, 0) is 11.0 Å². The van der Waals surface area contributed by atoms with Crippen molar-refractivity contribution < 1.29 is 22.8 Å². The Balaban J connectivity index is 1.51. The van der Waals surface area contributed by atoms with Crippen molar-refractivity contribution in [1.82, 2.24) is 24.2 Å². The molecule has 32 heavy (non-hydrogen) atoms. The molecular weight excluding hydrogens is 447 g/mol. The molecule has 0 atom stereocenters. The van der Waals surface area contributed by atoms with E-state index in [9.17, 15) is 22.8 Å². The molecule has 1 N–H and O–H groups in total. The highest BCUT2D eigenvalue weighted by Gasteiger charge is 2.38. The van der Waals surface area contributed by atoms with E-state index in [0.29, 0.717) is 12.1 Å². The van der Waals surface area contributed by atoms with Crippen molar-refractivity contribution in [3.63, 3.8) is 0 Å². The first-order valence-corrected chi connectivity index (χ1v) is 10.6. The minimum absolute atomic E-state index is 0.139. The standard InChI is InChI=1S/C21H19ClF3N5O2/c22-18-17(20(32)28-6-7-29(16(31)11-28)14-2-1-3-14)27-19-15(21(23,24)25)8-13(10-30(18)19)12-4-5-26-9-12/h4-5,8-10,14,26H,1-3,6-7,11H2. The van der Waals surface area contributed by atoms with Crippen LogP contribution in [0.4, 0.5) is 13.2 Å². The summed E-state index contributed by atoms with van der Waals surface area (Å²) in [6.45, 7) is 0.540. The van der Waals surface area contributed by atoms with E-state index in [1.807, 2.05) is 0 Å². The molecule has 0 radical (unpaired) electrons. The molecule has 2 amide bonds. The number of hydrogen-bond acceptors (Lipinski definition) is 3. The lowest BCUT2D eigenvalue weighted by molar-refractivity contribution is -0.139. The number of alkyl halides is 3. The summed E-state index contributed by atoms with van der Waals surface area (Å²) in [4.78, 5) is 35.4. The van der Waals surface area contributed by atoms with Gasteiger partial charge in [-0.2, -0.15) is 13.2 Å². The summed E-state index contributed by atoms with van der Waals surface area (Å²) in [7, 11) is 0. The molecule has 1 saturated heterocycles. The number of aromatic amines is 1. The maximum atomic E-state index is 13.8. The minimum Gasteiger partial charge on any atom is -0.367 e. The van der Waals surface area contributed by atoms with E-state index in [-0.39, 0.29) is 41.4 Å². The lowest BCUT2D eigenvalue weighted by atomic mass is 9.91. The lowest BCUT2D eigenvalue weighted by Gasteiger charge is -2.42. The predicted molar refractivity (Wildman–Crippen MR) is 110 cm³/mol. The number of fused-ring (bicyclic) bond motifs is 1. The van der Waals surface area contributed by atoms with Gasteiger partial charge in [-0.1, -0.05) is 11.6 Å². The first-order valence-electron chi connectivity index (χ1n) is 10.2. The van der Waals surface area contributed by atoms with Crippen molar-refractivity contribution in [3.05, 3.63) is 47.1 Å². The molecule has 1 saturated carbocycles. The average Bonchev–Trinajstić information content (AvgIpc) is 3.35. The summed E-state index contributed by atoms with van der Waals surface area (Å²) in [6, 6.07) is 2.84. The quantitative estimate of drug-likeness (QED) is 0.638. The number of aromatic nitrogens is 3. The number of H-pyrrole nitrogens is 1. The molecule has 3 aromatic heterocycles. The van der Waals surface area contributed by atoms with Gasteiger partial charge in [-0.15, -0.1) is 0 Å². The minimum atomic E-state index is -4.70. The second kappa shape index (κ2) is 7.54. The molecule has 2 aliphatic rings. The first kappa shape index (κ1) is 20.9. The molecule has 3 aromatic rings. The predicted octanol–water partition coefficient (Wildman–Crippen LogP) is 3.84. The number of imidazole rings is 1. The van der Waals surface area contributed by atoms with Crippen LogP contribution in [0.1, 0.15) is 35.3 Å². The number of halogens is 4. The number of piperazine rings is 1. The number of hydrogen-bond donors (Lipinski definition) is 1. The van der Waals surface area contributed by atoms with Gasteiger partial charge in [-0.25, -0.2) is 4.98 Å².